The Kier molecular flexibility index (Phi) is 3.47. The molecule has 1 amide bonds. The summed E-state index contributed by atoms with van der Waals surface area (Å²) in [6.45, 7) is 11.2. The van der Waals surface area contributed by atoms with Crippen LogP contribution in [0.25, 0.3) is 5.57 Å². The summed E-state index contributed by atoms with van der Waals surface area (Å²) in [5.74, 6) is -0.457. The van der Waals surface area contributed by atoms with E-state index in [2.05, 4.69) is 5.32 Å². The molecule has 0 aliphatic carbocycles. The van der Waals surface area contributed by atoms with Crippen molar-refractivity contribution in [3.05, 3.63) is 34.5 Å². The van der Waals surface area contributed by atoms with Crippen LogP contribution >= 0.6 is 0 Å². The minimum atomic E-state index is -1.17. The maximum atomic E-state index is 15.1. The van der Waals surface area contributed by atoms with Crippen molar-refractivity contribution < 1.29 is 18.5 Å². The van der Waals surface area contributed by atoms with Gasteiger partial charge in [0.2, 0.25) is 0 Å². The van der Waals surface area contributed by atoms with Crippen LogP contribution in [0.1, 0.15) is 44.4 Å². The average molecular weight is 317 g/mol. The van der Waals surface area contributed by atoms with Gasteiger partial charge >= 0.3 is 7.12 Å². The number of hydrogen-bond donors (Lipinski definition) is 1. The van der Waals surface area contributed by atoms with Crippen molar-refractivity contribution in [2.75, 3.05) is 5.32 Å². The molecule has 1 fully saturated rings. The summed E-state index contributed by atoms with van der Waals surface area (Å²) in [6, 6.07) is 3.76. The van der Waals surface area contributed by atoms with E-state index in [0.717, 1.165) is 11.1 Å². The number of carbonyl (C=O) groups is 1. The zero-order valence-corrected chi connectivity index (χ0v) is 14.3. The Balaban J connectivity index is 2.09. The molecular formula is C17H21BFNO3. The summed E-state index contributed by atoms with van der Waals surface area (Å²) in [7, 11) is -1.17. The van der Waals surface area contributed by atoms with Gasteiger partial charge in [-0.2, -0.15) is 0 Å². The highest BCUT2D eigenvalue weighted by Gasteiger charge is 2.54. The van der Waals surface area contributed by atoms with Gasteiger partial charge in [-0.15, -0.1) is 0 Å². The molecule has 0 saturated carbocycles. The fraction of sp³-hybridized carbons (Fsp3) is 0.471. The molecule has 0 radical (unpaired) electrons. The maximum Gasteiger partial charge on any atom is 0.526 e. The molecule has 2 aliphatic heterocycles. The molecule has 0 spiro atoms. The lowest BCUT2D eigenvalue weighted by Crippen LogP contribution is -2.41. The maximum absolute atomic E-state index is 15.1. The number of nitrogens with one attached hydrogen (secondary N) is 1. The Labute approximate surface area is 136 Å². The average Bonchev–Trinajstić information content (AvgIpc) is 2.83. The Morgan fingerprint density at radius 3 is 2.26 bits per heavy atom. The SMILES string of the molecule is Cc1cc(C)c2c(c1)C(=C(F)B1OC(C)(C)C(C)(C)O1)C(=O)N2. The van der Waals surface area contributed by atoms with Crippen LogP contribution in [0.5, 0.6) is 0 Å². The van der Waals surface area contributed by atoms with Gasteiger partial charge in [-0.3, -0.25) is 4.79 Å². The fourth-order valence-electron chi connectivity index (χ4n) is 2.93. The highest BCUT2D eigenvalue weighted by molar-refractivity contribution is 6.58. The number of carbonyl (C=O) groups excluding carboxylic acids is 1. The van der Waals surface area contributed by atoms with Crippen molar-refractivity contribution in [3.63, 3.8) is 0 Å². The zero-order valence-electron chi connectivity index (χ0n) is 14.3. The van der Waals surface area contributed by atoms with Crippen molar-refractivity contribution in [2.24, 2.45) is 0 Å². The Morgan fingerprint density at radius 1 is 1.13 bits per heavy atom. The molecule has 1 N–H and O–H groups in total. The van der Waals surface area contributed by atoms with Gasteiger partial charge in [0, 0.05) is 5.56 Å². The lowest BCUT2D eigenvalue weighted by Gasteiger charge is -2.32. The van der Waals surface area contributed by atoms with E-state index in [1.54, 1.807) is 6.07 Å². The molecule has 2 aliphatic rings. The number of amides is 1. The number of rotatable bonds is 1. The highest BCUT2D eigenvalue weighted by atomic mass is 19.1. The number of benzene rings is 1. The van der Waals surface area contributed by atoms with Crippen LogP contribution in [0.4, 0.5) is 10.1 Å². The number of halogens is 1. The molecule has 23 heavy (non-hydrogen) atoms. The quantitative estimate of drug-likeness (QED) is 0.636. The molecule has 1 aromatic carbocycles. The minimum absolute atomic E-state index is 0.00491. The largest absolute Gasteiger partial charge is 0.526 e. The number of fused-ring (bicyclic) bond motifs is 1. The second-order valence-electron chi connectivity index (χ2n) is 7.27. The summed E-state index contributed by atoms with van der Waals surface area (Å²) in [6.07, 6.45) is 0. The van der Waals surface area contributed by atoms with Crippen LogP contribution in [0, 0.1) is 13.8 Å². The summed E-state index contributed by atoms with van der Waals surface area (Å²) in [5.41, 5.74) is 1.12. The van der Waals surface area contributed by atoms with E-state index in [-0.39, 0.29) is 5.57 Å². The molecule has 1 saturated heterocycles. The monoisotopic (exact) mass is 317 g/mol. The van der Waals surface area contributed by atoms with Gasteiger partial charge < -0.3 is 14.6 Å². The number of hydrogen-bond acceptors (Lipinski definition) is 3. The summed E-state index contributed by atoms with van der Waals surface area (Å²) >= 11 is 0. The fourth-order valence-corrected chi connectivity index (χ4v) is 2.93. The topological polar surface area (TPSA) is 47.6 Å². The lowest BCUT2D eigenvalue weighted by atomic mass is 9.82. The molecule has 1 aromatic rings. The molecule has 0 atom stereocenters. The van der Waals surface area contributed by atoms with E-state index in [9.17, 15) is 4.79 Å². The van der Waals surface area contributed by atoms with E-state index < -0.39 is 30.0 Å². The van der Waals surface area contributed by atoms with Crippen molar-refractivity contribution in [3.8, 4) is 0 Å². The molecule has 2 heterocycles. The minimum Gasteiger partial charge on any atom is -0.398 e. The molecular weight excluding hydrogens is 296 g/mol. The standard InChI is InChI=1S/C17H21BFNO3/c1-9-7-10(2)13-11(8-9)12(15(21)20-13)14(19)18-22-16(3,4)17(5,6)23-18/h7-8H,1-6H3,(H,20,21). The number of anilines is 1. The first-order valence-corrected chi connectivity index (χ1v) is 7.72. The molecule has 6 heteroatoms. The number of aryl methyl sites for hydroxylation is 2. The van der Waals surface area contributed by atoms with Gasteiger partial charge in [-0.05, 0) is 53.2 Å². The van der Waals surface area contributed by atoms with Gasteiger partial charge in [0.1, 0.15) is 5.73 Å². The van der Waals surface area contributed by atoms with Gasteiger partial charge in [0.15, 0.2) is 0 Å². The van der Waals surface area contributed by atoms with Gasteiger partial charge in [0.25, 0.3) is 5.91 Å². The molecule has 0 bridgehead atoms. The van der Waals surface area contributed by atoms with Crippen LogP contribution in [0.2, 0.25) is 0 Å². The third-order valence-electron chi connectivity index (χ3n) is 4.91. The Hall–Kier alpha value is -1.66. The third-order valence-corrected chi connectivity index (χ3v) is 4.91. The predicted octanol–water partition coefficient (Wildman–Crippen LogP) is 3.57. The Bertz CT molecular complexity index is 724. The second-order valence-corrected chi connectivity index (χ2v) is 7.27. The van der Waals surface area contributed by atoms with E-state index in [0.29, 0.717) is 11.3 Å². The van der Waals surface area contributed by atoms with E-state index in [4.69, 9.17) is 9.31 Å². The smallest absolute Gasteiger partial charge is 0.398 e. The van der Waals surface area contributed by atoms with Crippen LogP contribution < -0.4 is 5.32 Å². The molecule has 3 rings (SSSR count). The van der Waals surface area contributed by atoms with Crippen LogP contribution in [0.3, 0.4) is 0 Å². The Morgan fingerprint density at radius 2 is 1.70 bits per heavy atom. The summed E-state index contributed by atoms with van der Waals surface area (Å²) < 4.78 is 26.5. The van der Waals surface area contributed by atoms with E-state index >= 15 is 4.39 Å². The van der Waals surface area contributed by atoms with Crippen molar-refractivity contribution in [2.45, 2.75) is 52.7 Å². The third kappa shape index (κ3) is 2.41. The van der Waals surface area contributed by atoms with E-state index in [1.807, 2.05) is 47.6 Å². The first-order valence-electron chi connectivity index (χ1n) is 7.72. The van der Waals surface area contributed by atoms with Gasteiger partial charge in [0.05, 0.1) is 22.5 Å². The first kappa shape index (κ1) is 16.2. The molecule has 0 aromatic heterocycles. The zero-order chi connectivity index (χ0) is 17.2. The van der Waals surface area contributed by atoms with Gasteiger partial charge in [-0.25, -0.2) is 4.39 Å². The van der Waals surface area contributed by atoms with Crippen LogP contribution in [-0.2, 0) is 14.1 Å². The first-order chi connectivity index (χ1) is 10.5. The van der Waals surface area contributed by atoms with Crippen LogP contribution in [0.15, 0.2) is 17.9 Å². The normalized spacial score (nSPS) is 23.8. The molecule has 0 unspecified atom stereocenters. The van der Waals surface area contributed by atoms with Gasteiger partial charge in [-0.1, -0.05) is 11.6 Å². The van der Waals surface area contributed by atoms with E-state index in [1.165, 1.54) is 0 Å². The van der Waals surface area contributed by atoms with Crippen molar-refractivity contribution in [1.29, 1.82) is 0 Å². The summed E-state index contributed by atoms with van der Waals surface area (Å²) in [5, 5.41) is 2.74. The molecule has 122 valence electrons. The lowest BCUT2D eigenvalue weighted by molar-refractivity contribution is -0.110. The summed E-state index contributed by atoms with van der Waals surface area (Å²) in [4.78, 5) is 12.3. The predicted molar refractivity (Wildman–Crippen MR) is 88.7 cm³/mol. The van der Waals surface area contributed by atoms with Crippen molar-refractivity contribution >= 4 is 24.3 Å². The molecule has 4 nitrogen and oxygen atoms in total. The highest BCUT2D eigenvalue weighted by Crippen LogP contribution is 2.43. The van der Waals surface area contributed by atoms with Crippen LogP contribution in [-0.4, -0.2) is 24.2 Å². The second kappa shape index (κ2) is 4.92. The van der Waals surface area contributed by atoms with Crippen molar-refractivity contribution in [1.82, 2.24) is 0 Å².